The minimum absolute atomic E-state index is 0.438. The molecule has 0 radical (unpaired) electrons. The first kappa shape index (κ1) is 11.5. The fourth-order valence-electron chi connectivity index (χ4n) is 1.54. The lowest BCUT2D eigenvalue weighted by Gasteiger charge is -2.08. The van der Waals surface area contributed by atoms with Crippen molar-refractivity contribution in [3.8, 4) is 5.75 Å². The second kappa shape index (κ2) is 4.87. The molecule has 0 bridgehead atoms. The molecule has 0 saturated heterocycles. The smallest absolute Gasteiger partial charge is 0.130 e. The van der Waals surface area contributed by atoms with Crippen molar-refractivity contribution in [2.75, 3.05) is 5.73 Å². The van der Waals surface area contributed by atoms with Gasteiger partial charge in [0.25, 0.3) is 0 Å². The van der Waals surface area contributed by atoms with Crippen LogP contribution >= 0.6 is 0 Å². The summed E-state index contributed by atoms with van der Waals surface area (Å²) < 4.78 is 5.66. The second-order valence-electron chi connectivity index (χ2n) is 4.09. The lowest BCUT2D eigenvalue weighted by molar-refractivity contribution is 0.301. The van der Waals surface area contributed by atoms with E-state index in [2.05, 4.69) is 24.9 Å². The molecule has 0 atom stereocenters. The Morgan fingerprint density at radius 2 is 1.94 bits per heavy atom. The molecule has 0 amide bonds. The number of aromatic nitrogens is 1. The largest absolute Gasteiger partial charge is 0.487 e. The molecule has 2 N–H and O–H groups in total. The van der Waals surface area contributed by atoms with Crippen molar-refractivity contribution in [3.63, 3.8) is 0 Å². The van der Waals surface area contributed by atoms with Gasteiger partial charge in [-0.05, 0) is 49.2 Å². The van der Waals surface area contributed by atoms with Gasteiger partial charge < -0.3 is 10.5 Å². The first-order valence-electron chi connectivity index (χ1n) is 5.56. The van der Waals surface area contributed by atoms with Gasteiger partial charge in [-0.3, -0.25) is 0 Å². The van der Waals surface area contributed by atoms with Crippen molar-refractivity contribution in [1.29, 1.82) is 0 Å². The number of anilines is 1. The third-order valence-electron chi connectivity index (χ3n) is 2.69. The number of ether oxygens (including phenoxy) is 1. The Labute approximate surface area is 101 Å². The van der Waals surface area contributed by atoms with Crippen LogP contribution in [0.4, 0.5) is 5.82 Å². The summed E-state index contributed by atoms with van der Waals surface area (Å²) in [5, 5.41) is 0. The van der Waals surface area contributed by atoms with Crippen LogP contribution in [0.25, 0.3) is 0 Å². The standard InChI is InChI=1S/C14H16N2O/c1-10-6-7-13(8-11(10)2)17-9-12-4-3-5-14(15)16-12/h3-8H,9H2,1-2H3,(H2,15,16). The van der Waals surface area contributed by atoms with Gasteiger partial charge in [-0.15, -0.1) is 0 Å². The number of rotatable bonds is 3. The molecular weight excluding hydrogens is 212 g/mol. The normalized spacial score (nSPS) is 10.2. The van der Waals surface area contributed by atoms with Crippen molar-refractivity contribution in [2.45, 2.75) is 20.5 Å². The molecule has 0 aliphatic carbocycles. The molecular formula is C14H16N2O. The molecule has 0 aliphatic heterocycles. The monoisotopic (exact) mass is 228 g/mol. The van der Waals surface area contributed by atoms with Gasteiger partial charge in [0.15, 0.2) is 0 Å². The lowest BCUT2D eigenvalue weighted by atomic mass is 10.1. The van der Waals surface area contributed by atoms with Crippen molar-refractivity contribution < 1.29 is 4.74 Å². The molecule has 0 aliphatic rings. The molecule has 3 nitrogen and oxygen atoms in total. The fourth-order valence-corrected chi connectivity index (χ4v) is 1.54. The minimum Gasteiger partial charge on any atom is -0.487 e. The number of benzene rings is 1. The van der Waals surface area contributed by atoms with Crippen molar-refractivity contribution in [3.05, 3.63) is 53.2 Å². The SMILES string of the molecule is Cc1ccc(OCc2cccc(N)n2)cc1C. The van der Waals surface area contributed by atoms with Crippen LogP contribution in [0.5, 0.6) is 5.75 Å². The molecule has 2 aromatic rings. The molecule has 1 aromatic heterocycles. The summed E-state index contributed by atoms with van der Waals surface area (Å²) in [6, 6.07) is 11.6. The summed E-state index contributed by atoms with van der Waals surface area (Å²) >= 11 is 0. The van der Waals surface area contributed by atoms with E-state index >= 15 is 0 Å². The van der Waals surface area contributed by atoms with Gasteiger partial charge in [-0.1, -0.05) is 12.1 Å². The average molecular weight is 228 g/mol. The first-order chi connectivity index (χ1) is 8.15. The zero-order valence-corrected chi connectivity index (χ0v) is 10.1. The summed E-state index contributed by atoms with van der Waals surface area (Å²) in [7, 11) is 0. The number of hydrogen-bond donors (Lipinski definition) is 1. The van der Waals surface area contributed by atoms with Crippen LogP contribution < -0.4 is 10.5 Å². The van der Waals surface area contributed by atoms with Crippen molar-refractivity contribution >= 4 is 5.82 Å². The van der Waals surface area contributed by atoms with E-state index < -0.39 is 0 Å². The highest BCUT2D eigenvalue weighted by Gasteiger charge is 1.99. The molecule has 0 spiro atoms. The Balaban J connectivity index is 2.05. The summed E-state index contributed by atoms with van der Waals surface area (Å²) in [6.45, 7) is 4.59. The Hall–Kier alpha value is -2.03. The fraction of sp³-hybridized carbons (Fsp3) is 0.214. The highest BCUT2D eigenvalue weighted by Crippen LogP contribution is 2.17. The van der Waals surface area contributed by atoms with E-state index in [1.54, 1.807) is 6.07 Å². The molecule has 17 heavy (non-hydrogen) atoms. The number of hydrogen-bond acceptors (Lipinski definition) is 3. The summed E-state index contributed by atoms with van der Waals surface area (Å²) in [5.74, 6) is 1.38. The molecule has 0 unspecified atom stereocenters. The Morgan fingerprint density at radius 3 is 2.65 bits per heavy atom. The van der Waals surface area contributed by atoms with Crippen molar-refractivity contribution in [1.82, 2.24) is 4.98 Å². The maximum absolute atomic E-state index is 5.66. The maximum atomic E-state index is 5.66. The van der Waals surface area contributed by atoms with Crippen LogP contribution in [0, 0.1) is 13.8 Å². The van der Waals surface area contributed by atoms with Gasteiger partial charge in [0.05, 0.1) is 5.69 Å². The van der Waals surface area contributed by atoms with Gasteiger partial charge in [0, 0.05) is 0 Å². The molecule has 0 saturated carbocycles. The molecule has 0 fully saturated rings. The van der Waals surface area contributed by atoms with Gasteiger partial charge >= 0.3 is 0 Å². The number of aryl methyl sites for hydroxylation is 2. The van der Waals surface area contributed by atoms with Crippen molar-refractivity contribution in [2.24, 2.45) is 0 Å². The zero-order valence-electron chi connectivity index (χ0n) is 10.1. The Morgan fingerprint density at radius 1 is 1.12 bits per heavy atom. The van der Waals surface area contributed by atoms with E-state index in [4.69, 9.17) is 10.5 Å². The summed E-state index contributed by atoms with van der Waals surface area (Å²) in [5.41, 5.74) is 8.93. The second-order valence-corrected chi connectivity index (χ2v) is 4.09. The van der Waals surface area contributed by atoms with Gasteiger partial charge in [-0.25, -0.2) is 4.98 Å². The number of nitrogens with zero attached hydrogens (tertiary/aromatic N) is 1. The summed E-state index contributed by atoms with van der Waals surface area (Å²) in [4.78, 5) is 4.18. The molecule has 88 valence electrons. The van der Waals surface area contributed by atoms with Gasteiger partial charge in [0.2, 0.25) is 0 Å². The predicted octanol–water partition coefficient (Wildman–Crippen LogP) is 2.86. The van der Waals surface area contributed by atoms with Crippen LogP contribution in [0.15, 0.2) is 36.4 Å². The molecule has 1 aromatic carbocycles. The third-order valence-corrected chi connectivity index (χ3v) is 2.69. The minimum atomic E-state index is 0.438. The van der Waals surface area contributed by atoms with Crippen LogP contribution in [0.2, 0.25) is 0 Å². The molecule has 1 heterocycles. The van der Waals surface area contributed by atoms with E-state index in [-0.39, 0.29) is 0 Å². The first-order valence-corrected chi connectivity index (χ1v) is 5.56. The molecule has 2 rings (SSSR count). The maximum Gasteiger partial charge on any atom is 0.130 e. The third kappa shape index (κ3) is 2.97. The Bertz CT molecular complexity index is 523. The topological polar surface area (TPSA) is 48.1 Å². The molecule has 3 heteroatoms. The Kier molecular flexibility index (Phi) is 3.28. The highest BCUT2D eigenvalue weighted by atomic mass is 16.5. The van der Waals surface area contributed by atoms with E-state index in [9.17, 15) is 0 Å². The van der Waals surface area contributed by atoms with Crippen LogP contribution in [0.1, 0.15) is 16.8 Å². The quantitative estimate of drug-likeness (QED) is 0.878. The van der Waals surface area contributed by atoms with Crippen LogP contribution in [-0.4, -0.2) is 4.98 Å². The van der Waals surface area contributed by atoms with E-state index in [1.165, 1.54) is 11.1 Å². The number of nitrogens with two attached hydrogens (primary N) is 1. The van der Waals surface area contributed by atoms with Crippen LogP contribution in [-0.2, 0) is 6.61 Å². The van der Waals surface area contributed by atoms with Gasteiger partial charge in [-0.2, -0.15) is 0 Å². The van der Waals surface area contributed by atoms with Gasteiger partial charge in [0.1, 0.15) is 18.2 Å². The predicted molar refractivity (Wildman–Crippen MR) is 68.9 cm³/mol. The lowest BCUT2D eigenvalue weighted by Crippen LogP contribution is -2.00. The summed E-state index contributed by atoms with van der Waals surface area (Å²) in [6.07, 6.45) is 0. The zero-order chi connectivity index (χ0) is 12.3. The highest BCUT2D eigenvalue weighted by molar-refractivity contribution is 5.34. The number of nitrogen functional groups attached to an aromatic ring is 1. The van der Waals surface area contributed by atoms with E-state index in [1.807, 2.05) is 24.3 Å². The number of pyridine rings is 1. The van der Waals surface area contributed by atoms with E-state index in [0.717, 1.165) is 11.4 Å². The average Bonchev–Trinajstić information content (AvgIpc) is 2.31. The van der Waals surface area contributed by atoms with Crippen LogP contribution in [0.3, 0.4) is 0 Å². The van der Waals surface area contributed by atoms with E-state index in [0.29, 0.717) is 12.4 Å².